The van der Waals surface area contributed by atoms with Gasteiger partial charge < -0.3 is 14.2 Å². The highest BCUT2D eigenvalue weighted by Gasteiger charge is 2.30. The summed E-state index contributed by atoms with van der Waals surface area (Å²) in [5, 5.41) is 0. The van der Waals surface area contributed by atoms with Crippen LogP contribution in [0.5, 0.6) is 11.5 Å². The van der Waals surface area contributed by atoms with Gasteiger partial charge >= 0.3 is 6.18 Å². The van der Waals surface area contributed by atoms with Crippen LogP contribution in [0.25, 0.3) is 0 Å². The van der Waals surface area contributed by atoms with Crippen molar-refractivity contribution in [3.05, 3.63) is 48.0 Å². The van der Waals surface area contributed by atoms with Crippen molar-refractivity contribution in [3.63, 3.8) is 0 Å². The minimum absolute atomic E-state index is 0.170. The molecule has 27 heavy (non-hydrogen) atoms. The number of alkyl halides is 3. The SMILES string of the molecule is COCCOc1cc(NS(=O)(=O)c2ccc(C(F)(F)F)cc2)ccc1OC. The quantitative estimate of drug-likeness (QED) is 0.680. The lowest BCUT2D eigenvalue weighted by molar-refractivity contribution is -0.137. The van der Waals surface area contributed by atoms with Gasteiger partial charge in [0.15, 0.2) is 11.5 Å². The van der Waals surface area contributed by atoms with E-state index in [1.807, 2.05) is 0 Å². The third-order valence-corrected chi connectivity index (χ3v) is 4.85. The molecule has 148 valence electrons. The van der Waals surface area contributed by atoms with Gasteiger partial charge in [-0.3, -0.25) is 4.72 Å². The van der Waals surface area contributed by atoms with Crippen LogP contribution in [0.1, 0.15) is 5.56 Å². The van der Waals surface area contributed by atoms with Gasteiger partial charge in [0.2, 0.25) is 0 Å². The molecule has 10 heteroatoms. The first-order valence-electron chi connectivity index (χ1n) is 7.67. The van der Waals surface area contributed by atoms with E-state index in [-0.39, 0.29) is 17.2 Å². The van der Waals surface area contributed by atoms with Crippen molar-refractivity contribution in [2.45, 2.75) is 11.1 Å². The van der Waals surface area contributed by atoms with Crippen LogP contribution in [0.3, 0.4) is 0 Å². The molecular weight excluding hydrogens is 387 g/mol. The molecule has 0 saturated heterocycles. The third-order valence-electron chi connectivity index (χ3n) is 3.45. The Bertz CT molecular complexity index is 867. The maximum atomic E-state index is 12.6. The fourth-order valence-corrected chi connectivity index (χ4v) is 3.17. The minimum Gasteiger partial charge on any atom is -0.493 e. The summed E-state index contributed by atoms with van der Waals surface area (Å²) >= 11 is 0. The normalized spacial score (nSPS) is 11.9. The predicted octanol–water partition coefficient (Wildman–Crippen LogP) is 3.54. The lowest BCUT2D eigenvalue weighted by atomic mass is 10.2. The van der Waals surface area contributed by atoms with E-state index in [0.29, 0.717) is 30.2 Å². The van der Waals surface area contributed by atoms with Crippen molar-refractivity contribution in [2.24, 2.45) is 0 Å². The van der Waals surface area contributed by atoms with Crippen molar-refractivity contribution < 1.29 is 35.8 Å². The predicted molar refractivity (Wildman–Crippen MR) is 92.6 cm³/mol. The van der Waals surface area contributed by atoms with E-state index in [9.17, 15) is 21.6 Å². The van der Waals surface area contributed by atoms with Crippen molar-refractivity contribution in [3.8, 4) is 11.5 Å². The first kappa shape index (κ1) is 20.8. The largest absolute Gasteiger partial charge is 0.493 e. The summed E-state index contributed by atoms with van der Waals surface area (Å²) in [5.74, 6) is 0.686. The molecule has 0 atom stereocenters. The number of methoxy groups -OCH3 is 2. The summed E-state index contributed by atoms with van der Waals surface area (Å²) in [4.78, 5) is -0.298. The van der Waals surface area contributed by atoms with Crippen LogP contribution in [0, 0.1) is 0 Å². The number of halogens is 3. The van der Waals surface area contributed by atoms with E-state index < -0.39 is 21.8 Å². The molecule has 0 unspecified atom stereocenters. The number of benzene rings is 2. The summed E-state index contributed by atoms with van der Waals surface area (Å²) in [6.45, 7) is 0.548. The Kier molecular flexibility index (Phi) is 6.55. The minimum atomic E-state index is -4.54. The Balaban J connectivity index is 2.22. The Morgan fingerprint density at radius 1 is 0.963 bits per heavy atom. The molecule has 1 N–H and O–H groups in total. The first-order valence-corrected chi connectivity index (χ1v) is 9.15. The van der Waals surface area contributed by atoms with Crippen LogP contribution >= 0.6 is 0 Å². The molecule has 2 aromatic carbocycles. The summed E-state index contributed by atoms with van der Waals surface area (Å²) in [6.07, 6.45) is -4.54. The topological polar surface area (TPSA) is 73.9 Å². The van der Waals surface area contributed by atoms with Crippen molar-refractivity contribution in [2.75, 3.05) is 32.2 Å². The van der Waals surface area contributed by atoms with Gasteiger partial charge in [0, 0.05) is 13.2 Å². The number of nitrogens with one attached hydrogen (secondary N) is 1. The van der Waals surface area contributed by atoms with Gasteiger partial charge in [-0.15, -0.1) is 0 Å². The molecule has 0 aromatic heterocycles. The zero-order valence-corrected chi connectivity index (χ0v) is 15.4. The molecule has 0 amide bonds. The molecule has 0 saturated carbocycles. The number of anilines is 1. The average Bonchev–Trinajstić information content (AvgIpc) is 2.61. The smallest absolute Gasteiger partial charge is 0.416 e. The highest BCUT2D eigenvalue weighted by Crippen LogP contribution is 2.32. The number of ether oxygens (including phenoxy) is 3. The molecule has 0 heterocycles. The van der Waals surface area contributed by atoms with Crippen LogP contribution in [-0.4, -0.2) is 35.9 Å². The molecule has 0 bridgehead atoms. The highest BCUT2D eigenvalue weighted by atomic mass is 32.2. The zero-order chi connectivity index (χ0) is 20.1. The van der Waals surface area contributed by atoms with Gasteiger partial charge in [0.05, 0.1) is 29.9 Å². The highest BCUT2D eigenvalue weighted by molar-refractivity contribution is 7.92. The molecule has 0 aliphatic rings. The average molecular weight is 405 g/mol. The number of sulfonamides is 1. The van der Waals surface area contributed by atoms with Crippen LogP contribution < -0.4 is 14.2 Å². The summed E-state index contributed by atoms with van der Waals surface area (Å²) in [6, 6.07) is 7.58. The van der Waals surface area contributed by atoms with Crippen LogP contribution in [0.15, 0.2) is 47.4 Å². The fourth-order valence-electron chi connectivity index (χ4n) is 2.13. The van der Waals surface area contributed by atoms with Crippen molar-refractivity contribution in [1.29, 1.82) is 0 Å². The molecule has 0 spiro atoms. The number of hydrogen-bond acceptors (Lipinski definition) is 5. The van der Waals surface area contributed by atoms with Gasteiger partial charge in [0.25, 0.3) is 10.0 Å². The maximum Gasteiger partial charge on any atom is 0.416 e. The molecule has 6 nitrogen and oxygen atoms in total. The van der Waals surface area contributed by atoms with E-state index in [2.05, 4.69) is 4.72 Å². The van der Waals surface area contributed by atoms with Gasteiger partial charge in [0.1, 0.15) is 6.61 Å². The lowest BCUT2D eigenvalue weighted by Crippen LogP contribution is -2.14. The van der Waals surface area contributed by atoms with Crippen LogP contribution in [0.4, 0.5) is 18.9 Å². The van der Waals surface area contributed by atoms with E-state index in [1.165, 1.54) is 32.4 Å². The molecule has 0 radical (unpaired) electrons. The second-order valence-corrected chi connectivity index (χ2v) is 7.02. The fraction of sp³-hybridized carbons (Fsp3) is 0.294. The standard InChI is InChI=1S/C17H18F3NO5S/c1-24-9-10-26-16-11-13(5-8-15(16)25-2)21-27(22,23)14-6-3-12(4-7-14)17(18,19)20/h3-8,11,21H,9-10H2,1-2H3. The van der Waals surface area contributed by atoms with E-state index in [1.54, 1.807) is 0 Å². The molecule has 2 aromatic rings. The molecule has 0 aliphatic heterocycles. The molecular formula is C17H18F3NO5S. The maximum absolute atomic E-state index is 12.6. The van der Waals surface area contributed by atoms with E-state index in [4.69, 9.17) is 14.2 Å². The summed E-state index contributed by atoms with van der Waals surface area (Å²) < 4.78 is 80.4. The van der Waals surface area contributed by atoms with E-state index >= 15 is 0 Å². The second-order valence-electron chi connectivity index (χ2n) is 5.33. The van der Waals surface area contributed by atoms with Crippen molar-refractivity contribution in [1.82, 2.24) is 0 Å². The molecule has 0 fully saturated rings. The zero-order valence-electron chi connectivity index (χ0n) is 14.5. The number of rotatable bonds is 8. The summed E-state index contributed by atoms with van der Waals surface area (Å²) in [7, 11) is -1.13. The summed E-state index contributed by atoms with van der Waals surface area (Å²) in [5.41, 5.74) is -0.761. The Labute approximate surface area is 154 Å². The Hall–Kier alpha value is -2.46. The third kappa shape index (κ3) is 5.51. The molecule has 2 rings (SSSR count). The first-order chi connectivity index (χ1) is 12.7. The molecule has 0 aliphatic carbocycles. The van der Waals surface area contributed by atoms with Crippen LogP contribution in [-0.2, 0) is 20.9 Å². The van der Waals surface area contributed by atoms with E-state index in [0.717, 1.165) is 12.1 Å². The van der Waals surface area contributed by atoms with Crippen LogP contribution in [0.2, 0.25) is 0 Å². The second kappa shape index (κ2) is 8.49. The Morgan fingerprint density at radius 3 is 2.19 bits per heavy atom. The van der Waals surface area contributed by atoms with Crippen molar-refractivity contribution >= 4 is 15.7 Å². The number of hydrogen-bond donors (Lipinski definition) is 1. The van der Waals surface area contributed by atoms with Gasteiger partial charge in [-0.25, -0.2) is 8.42 Å². The van der Waals surface area contributed by atoms with Gasteiger partial charge in [-0.2, -0.15) is 13.2 Å². The Morgan fingerprint density at radius 2 is 1.63 bits per heavy atom. The lowest BCUT2D eigenvalue weighted by Gasteiger charge is -2.14. The van der Waals surface area contributed by atoms with Gasteiger partial charge in [-0.05, 0) is 36.4 Å². The van der Waals surface area contributed by atoms with Gasteiger partial charge in [-0.1, -0.05) is 0 Å². The monoisotopic (exact) mass is 405 g/mol.